The molecule has 0 aliphatic rings. The van der Waals surface area contributed by atoms with Crippen LogP contribution in [-0.4, -0.2) is 23.1 Å². The van der Waals surface area contributed by atoms with E-state index in [0.717, 1.165) is 18.8 Å². The van der Waals surface area contributed by atoms with Crippen LogP contribution in [0.1, 0.15) is 6.42 Å². The minimum atomic E-state index is 0.402. The zero-order valence-electron chi connectivity index (χ0n) is 6.63. The third kappa shape index (κ3) is 3.02. The summed E-state index contributed by atoms with van der Waals surface area (Å²) in [6, 6.07) is 0. The Balaban J connectivity index is 2.37. The molecule has 66 valence electrons. The molecule has 0 aliphatic carbocycles. The van der Waals surface area contributed by atoms with E-state index >= 15 is 0 Å². The summed E-state index contributed by atoms with van der Waals surface area (Å²) in [5, 5.41) is 3.46. The van der Waals surface area contributed by atoms with E-state index in [-0.39, 0.29) is 0 Å². The first-order valence-corrected chi connectivity index (χ1v) is 4.12. The SMILES string of the molecule is NCCCNc1cnc(Cl)cn1. The Morgan fingerprint density at radius 1 is 1.42 bits per heavy atom. The Kier molecular flexibility index (Phi) is 3.76. The molecule has 0 aliphatic heterocycles. The molecule has 0 atom stereocenters. The fraction of sp³-hybridized carbons (Fsp3) is 0.429. The van der Waals surface area contributed by atoms with Gasteiger partial charge < -0.3 is 11.1 Å². The molecule has 4 nitrogen and oxygen atoms in total. The van der Waals surface area contributed by atoms with Crippen LogP contribution < -0.4 is 11.1 Å². The zero-order chi connectivity index (χ0) is 8.81. The van der Waals surface area contributed by atoms with E-state index in [2.05, 4.69) is 15.3 Å². The standard InChI is InChI=1S/C7H11ClN4/c8-6-4-12-7(5-11-6)10-3-1-2-9/h4-5H,1-3,9H2,(H,10,12). The van der Waals surface area contributed by atoms with Gasteiger partial charge in [0.05, 0.1) is 12.4 Å². The number of hydrogen-bond donors (Lipinski definition) is 2. The lowest BCUT2D eigenvalue weighted by Crippen LogP contribution is -2.09. The summed E-state index contributed by atoms with van der Waals surface area (Å²) in [5.41, 5.74) is 5.32. The van der Waals surface area contributed by atoms with Crippen LogP contribution in [-0.2, 0) is 0 Å². The molecule has 0 amide bonds. The van der Waals surface area contributed by atoms with E-state index in [1.54, 1.807) is 6.20 Å². The molecule has 12 heavy (non-hydrogen) atoms. The summed E-state index contributed by atoms with van der Waals surface area (Å²) in [6.07, 6.45) is 4.02. The van der Waals surface area contributed by atoms with Gasteiger partial charge in [-0.3, -0.25) is 0 Å². The lowest BCUT2D eigenvalue weighted by atomic mass is 10.4. The molecular formula is C7H11ClN4. The quantitative estimate of drug-likeness (QED) is 0.686. The maximum atomic E-state index is 5.55. The number of halogens is 1. The van der Waals surface area contributed by atoms with E-state index in [9.17, 15) is 0 Å². The average Bonchev–Trinajstić information content (AvgIpc) is 2.09. The number of nitrogens with one attached hydrogen (secondary N) is 1. The van der Waals surface area contributed by atoms with Crippen molar-refractivity contribution in [2.75, 3.05) is 18.4 Å². The van der Waals surface area contributed by atoms with Crippen molar-refractivity contribution in [2.45, 2.75) is 6.42 Å². The highest BCUT2D eigenvalue weighted by Crippen LogP contribution is 2.04. The van der Waals surface area contributed by atoms with E-state index in [4.69, 9.17) is 17.3 Å². The average molecular weight is 187 g/mol. The fourth-order valence-electron chi connectivity index (χ4n) is 0.722. The van der Waals surface area contributed by atoms with Crippen LogP contribution in [0.5, 0.6) is 0 Å². The number of aromatic nitrogens is 2. The van der Waals surface area contributed by atoms with Gasteiger partial charge in [0, 0.05) is 6.54 Å². The number of hydrogen-bond acceptors (Lipinski definition) is 4. The lowest BCUT2D eigenvalue weighted by molar-refractivity contribution is 0.869. The molecular weight excluding hydrogens is 176 g/mol. The van der Waals surface area contributed by atoms with Crippen LogP contribution in [0.3, 0.4) is 0 Å². The smallest absolute Gasteiger partial charge is 0.147 e. The monoisotopic (exact) mass is 186 g/mol. The van der Waals surface area contributed by atoms with Crippen LogP contribution in [0.4, 0.5) is 5.82 Å². The maximum Gasteiger partial charge on any atom is 0.147 e. The Morgan fingerprint density at radius 2 is 2.25 bits per heavy atom. The summed E-state index contributed by atoms with van der Waals surface area (Å²) < 4.78 is 0. The second kappa shape index (κ2) is 4.90. The van der Waals surface area contributed by atoms with Gasteiger partial charge in [-0.1, -0.05) is 11.6 Å². The van der Waals surface area contributed by atoms with Crippen molar-refractivity contribution in [1.29, 1.82) is 0 Å². The minimum Gasteiger partial charge on any atom is -0.369 e. The second-order valence-electron chi connectivity index (χ2n) is 2.29. The summed E-state index contributed by atoms with van der Waals surface area (Å²) in [4.78, 5) is 7.87. The molecule has 5 heteroatoms. The highest BCUT2D eigenvalue weighted by atomic mass is 35.5. The van der Waals surface area contributed by atoms with Crippen LogP contribution in [0, 0.1) is 0 Å². The lowest BCUT2D eigenvalue weighted by Gasteiger charge is -2.02. The first-order chi connectivity index (χ1) is 5.83. The first kappa shape index (κ1) is 9.22. The Morgan fingerprint density at radius 3 is 2.83 bits per heavy atom. The van der Waals surface area contributed by atoms with Gasteiger partial charge in [0.2, 0.25) is 0 Å². The predicted molar refractivity (Wildman–Crippen MR) is 49.2 cm³/mol. The number of rotatable bonds is 4. The molecule has 0 fully saturated rings. The van der Waals surface area contributed by atoms with Crippen molar-refractivity contribution < 1.29 is 0 Å². The van der Waals surface area contributed by atoms with E-state index < -0.39 is 0 Å². The molecule has 0 saturated heterocycles. The van der Waals surface area contributed by atoms with Crippen LogP contribution in [0.2, 0.25) is 5.15 Å². The molecule has 1 rings (SSSR count). The van der Waals surface area contributed by atoms with E-state index in [1.807, 2.05) is 0 Å². The van der Waals surface area contributed by atoms with Gasteiger partial charge in [-0.2, -0.15) is 0 Å². The molecule has 0 spiro atoms. The first-order valence-electron chi connectivity index (χ1n) is 3.74. The second-order valence-corrected chi connectivity index (χ2v) is 2.68. The van der Waals surface area contributed by atoms with Gasteiger partial charge in [0.25, 0.3) is 0 Å². The highest BCUT2D eigenvalue weighted by Gasteiger charge is 1.92. The fourth-order valence-corrected chi connectivity index (χ4v) is 0.820. The minimum absolute atomic E-state index is 0.402. The summed E-state index contributed by atoms with van der Waals surface area (Å²) in [6.45, 7) is 1.49. The third-order valence-corrected chi connectivity index (χ3v) is 1.50. The van der Waals surface area contributed by atoms with Crippen LogP contribution in [0.15, 0.2) is 12.4 Å². The molecule has 0 radical (unpaired) electrons. The van der Waals surface area contributed by atoms with Crippen LogP contribution >= 0.6 is 11.6 Å². The summed E-state index contributed by atoms with van der Waals surface area (Å²) >= 11 is 5.55. The number of nitrogens with zero attached hydrogens (tertiary/aromatic N) is 2. The Bertz CT molecular complexity index is 223. The highest BCUT2D eigenvalue weighted by molar-refractivity contribution is 6.29. The van der Waals surface area contributed by atoms with Crippen molar-refractivity contribution in [3.05, 3.63) is 17.5 Å². The van der Waals surface area contributed by atoms with E-state index in [1.165, 1.54) is 6.20 Å². The van der Waals surface area contributed by atoms with Gasteiger partial charge in [-0.15, -0.1) is 0 Å². The van der Waals surface area contributed by atoms with Crippen molar-refractivity contribution in [3.8, 4) is 0 Å². The Labute approximate surface area is 76.2 Å². The van der Waals surface area contributed by atoms with Gasteiger partial charge >= 0.3 is 0 Å². The van der Waals surface area contributed by atoms with Crippen molar-refractivity contribution in [2.24, 2.45) is 5.73 Å². The molecule has 0 aromatic carbocycles. The molecule has 0 unspecified atom stereocenters. The predicted octanol–water partition coefficient (Wildman–Crippen LogP) is 0.891. The maximum absolute atomic E-state index is 5.55. The normalized spacial score (nSPS) is 9.83. The van der Waals surface area contributed by atoms with Gasteiger partial charge in [-0.25, -0.2) is 9.97 Å². The number of anilines is 1. The molecule has 0 saturated carbocycles. The van der Waals surface area contributed by atoms with Gasteiger partial charge in [0.1, 0.15) is 11.0 Å². The largest absolute Gasteiger partial charge is 0.369 e. The van der Waals surface area contributed by atoms with Crippen LogP contribution in [0.25, 0.3) is 0 Å². The van der Waals surface area contributed by atoms with Crippen molar-refractivity contribution in [3.63, 3.8) is 0 Å². The molecule has 1 heterocycles. The summed E-state index contributed by atoms with van der Waals surface area (Å²) in [7, 11) is 0. The Hall–Kier alpha value is -0.870. The van der Waals surface area contributed by atoms with Gasteiger partial charge in [0.15, 0.2) is 0 Å². The summed E-state index contributed by atoms with van der Waals surface area (Å²) in [5.74, 6) is 0.729. The molecule has 1 aromatic rings. The van der Waals surface area contributed by atoms with Crippen molar-refractivity contribution >= 4 is 17.4 Å². The zero-order valence-corrected chi connectivity index (χ0v) is 7.38. The number of nitrogens with two attached hydrogens (primary N) is 1. The molecule has 0 bridgehead atoms. The topological polar surface area (TPSA) is 63.8 Å². The van der Waals surface area contributed by atoms with E-state index in [0.29, 0.717) is 11.7 Å². The van der Waals surface area contributed by atoms with Crippen molar-refractivity contribution in [1.82, 2.24) is 9.97 Å². The van der Waals surface area contributed by atoms with Gasteiger partial charge in [-0.05, 0) is 13.0 Å². The third-order valence-electron chi connectivity index (χ3n) is 1.31. The molecule has 3 N–H and O–H groups in total. The molecule has 1 aromatic heterocycles.